The van der Waals surface area contributed by atoms with Crippen molar-refractivity contribution in [3.8, 4) is 0 Å². The van der Waals surface area contributed by atoms with E-state index in [0.29, 0.717) is 12.4 Å². The number of likely N-dealkylation sites (N-methyl/N-ethyl adjacent to an activating group) is 1. The molecule has 0 N–H and O–H groups in total. The molecule has 0 aromatic heterocycles. The lowest BCUT2D eigenvalue weighted by Gasteiger charge is -2.13. The summed E-state index contributed by atoms with van der Waals surface area (Å²) in [5, 5.41) is 0. The van der Waals surface area contributed by atoms with Crippen molar-refractivity contribution in [2.75, 3.05) is 13.6 Å². The van der Waals surface area contributed by atoms with Gasteiger partial charge in [-0.05, 0) is 12.2 Å². The van der Waals surface area contributed by atoms with Gasteiger partial charge in [0.2, 0.25) is 0 Å². The van der Waals surface area contributed by atoms with Crippen LogP contribution in [0.2, 0.25) is 0 Å². The molecule has 13 heavy (non-hydrogen) atoms. The fourth-order valence-corrected chi connectivity index (χ4v) is 0.853. The Balaban J connectivity index is 2.81. The molecular weight excluding hydrogens is 166 g/mol. The second-order valence-electron chi connectivity index (χ2n) is 2.45. The number of aliphatic imine (C=N–C) groups is 2. The first-order chi connectivity index (χ1) is 6.25. The van der Waals surface area contributed by atoms with Crippen LogP contribution in [0.1, 0.15) is 0 Å². The topological polar surface area (TPSA) is 45.0 Å². The predicted octanol–water partition coefficient (Wildman–Crippen LogP) is 0.627. The van der Waals surface area contributed by atoms with Gasteiger partial charge in [-0.3, -0.25) is 14.7 Å². The highest BCUT2D eigenvalue weighted by Gasteiger charge is 2.08. The molecule has 4 heteroatoms. The summed E-state index contributed by atoms with van der Waals surface area (Å²) in [5.41, 5.74) is 0. The lowest BCUT2D eigenvalue weighted by Crippen LogP contribution is -2.23. The van der Waals surface area contributed by atoms with Gasteiger partial charge in [-0.25, -0.2) is 4.99 Å². The maximum absolute atomic E-state index is 11.2. The van der Waals surface area contributed by atoms with Gasteiger partial charge in [-0.15, -0.1) is 0 Å². The first kappa shape index (κ1) is 9.38. The van der Waals surface area contributed by atoms with Crippen LogP contribution in [0.3, 0.4) is 0 Å². The molecule has 1 rings (SSSR count). The van der Waals surface area contributed by atoms with Gasteiger partial charge >= 0.3 is 0 Å². The maximum atomic E-state index is 11.2. The Bertz CT molecular complexity index is 302. The fraction of sp³-hybridized carbons (Fsp3) is 0.222. The number of nitrogens with zero attached hydrogens (tertiary/aromatic N) is 3. The maximum Gasteiger partial charge on any atom is 0.251 e. The van der Waals surface area contributed by atoms with Crippen molar-refractivity contribution in [1.82, 2.24) is 4.90 Å². The van der Waals surface area contributed by atoms with E-state index in [0.717, 1.165) is 0 Å². The minimum Gasteiger partial charge on any atom is -0.296 e. The van der Waals surface area contributed by atoms with Crippen LogP contribution in [-0.2, 0) is 4.79 Å². The van der Waals surface area contributed by atoms with E-state index in [9.17, 15) is 4.79 Å². The molecule has 0 aromatic carbocycles. The minimum atomic E-state index is -0.182. The Labute approximate surface area is 77.0 Å². The van der Waals surface area contributed by atoms with Crippen LogP contribution in [0, 0.1) is 0 Å². The summed E-state index contributed by atoms with van der Waals surface area (Å²) in [4.78, 5) is 20.6. The molecular formula is C9H11N3O. The zero-order valence-corrected chi connectivity index (χ0v) is 7.47. The highest BCUT2D eigenvalue weighted by Crippen LogP contribution is 2.04. The molecule has 0 saturated carbocycles. The summed E-state index contributed by atoms with van der Waals surface area (Å²) in [6.07, 6.45) is 6.22. The van der Waals surface area contributed by atoms with Crippen molar-refractivity contribution in [3.05, 3.63) is 24.6 Å². The molecule has 4 nitrogen and oxygen atoms in total. The van der Waals surface area contributed by atoms with Gasteiger partial charge in [0, 0.05) is 19.5 Å². The van der Waals surface area contributed by atoms with Crippen LogP contribution in [-0.4, -0.2) is 36.8 Å². The van der Waals surface area contributed by atoms with Crippen LogP contribution in [0.4, 0.5) is 0 Å². The lowest BCUT2D eigenvalue weighted by molar-refractivity contribution is -0.123. The van der Waals surface area contributed by atoms with Crippen LogP contribution in [0.5, 0.6) is 0 Å². The summed E-state index contributed by atoms with van der Waals surface area (Å²) in [7, 11) is 1.65. The highest BCUT2D eigenvalue weighted by molar-refractivity contribution is 5.89. The average molecular weight is 177 g/mol. The molecule has 0 atom stereocenters. The Morgan fingerprint density at radius 2 is 2.54 bits per heavy atom. The van der Waals surface area contributed by atoms with Crippen LogP contribution < -0.4 is 0 Å². The lowest BCUT2D eigenvalue weighted by atomic mass is 10.4. The molecule has 0 fully saturated rings. The SMILES string of the molecule is C=CC(=O)N(C)C1=CC=NCC=N1. The summed E-state index contributed by atoms with van der Waals surface area (Å²) in [5.74, 6) is 0.393. The third-order valence-electron chi connectivity index (χ3n) is 1.59. The Morgan fingerprint density at radius 3 is 3.23 bits per heavy atom. The third-order valence-corrected chi connectivity index (χ3v) is 1.59. The van der Waals surface area contributed by atoms with Gasteiger partial charge in [0.25, 0.3) is 5.91 Å². The minimum absolute atomic E-state index is 0.182. The monoisotopic (exact) mass is 177 g/mol. The van der Waals surface area contributed by atoms with Gasteiger partial charge in [0.1, 0.15) is 5.82 Å². The van der Waals surface area contributed by atoms with Crippen molar-refractivity contribution in [3.63, 3.8) is 0 Å². The Kier molecular flexibility index (Phi) is 3.14. The largest absolute Gasteiger partial charge is 0.296 e. The molecule has 1 heterocycles. The quantitative estimate of drug-likeness (QED) is 0.570. The molecule has 1 amide bonds. The van der Waals surface area contributed by atoms with Gasteiger partial charge in [0.15, 0.2) is 0 Å². The van der Waals surface area contributed by atoms with Crippen molar-refractivity contribution in [1.29, 1.82) is 0 Å². The Hall–Kier alpha value is -1.71. The van der Waals surface area contributed by atoms with Gasteiger partial charge in [-0.2, -0.15) is 0 Å². The van der Waals surface area contributed by atoms with Gasteiger partial charge < -0.3 is 0 Å². The number of amides is 1. The average Bonchev–Trinajstić information content (AvgIpc) is 2.43. The van der Waals surface area contributed by atoms with Gasteiger partial charge in [-0.1, -0.05) is 6.58 Å². The first-order valence-corrected chi connectivity index (χ1v) is 3.88. The molecule has 0 radical (unpaired) electrons. The summed E-state index contributed by atoms with van der Waals surface area (Å²) in [6.45, 7) is 3.95. The van der Waals surface area contributed by atoms with E-state index in [1.54, 1.807) is 25.6 Å². The van der Waals surface area contributed by atoms with Crippen LogP contribution in [0.25, 0.3) is 0 Å². The third kappa shape index (κ3) is 2.37. The van der Waals surface area contributed by atoms with E-state index in [1.807, 2.05) is 0 Å². The zero-order chi connectivity index (χ0) is 9.68. The smallest absolute Gasteiger partial charge is 0.251 e. The molecule has 0 bridgehead atoms. The van der Waals surface area contributed by atoms with Crippen LogP contribution >= 0.6 is 0 Å². The Morgan fingerprint density at radius 1 is 1.77 bits per heavy atom. The van der Waals surface area contributed by atoms with E-state index in [2.05, 4.69) is 16.6 Å². The zero-order valence-electron chi connectivity index (χ0n) is 7.47. The van der Waals surface area contributed by atoms with Crippen molar-refractivity contribution < 1.29 is 4.79 Å². The molecule has 0 spiro atoms. The fourth-order valence-electron chi connectivity index (χ4n) is 0.853. The summed E-state index contributed by atoms with van der Waals surface area (Å²) < 4.78 is 0. The van der Waals surface area contributed by atoms with E-state index < -0.39 is 0 Å². The highest BCUT2D eigenvalue weighted by atomic mass is 16.2. The molecule has 0 aromatic rings. The molecule has 0 saturated heterocycles. The van der Waals surface area contributed by atoms with Crippen molar-refractivity contribution in [2.45, 2.75) is 0 Å². The molecule has 1 aliphatic heterocycles. The number of carbonyl (C=O) groups excluding carboxylic acids is 1. The standard InChI is InChI=1S/C9H11N3O/c1-3-9(13)12(2)8-4-5-10-6-7-11-8/h3-5,7H,1,6H2,2H3. The molecule has 1 aliphatic rings. The first-order valence-electron chi connectivity index (χ1n) is 3.88. The van der Waals surface area contributed by atoms with Crippen LogP contribution in [0.15, 0.2) is 34.5 Å². The van der Waals surface area contributed by atoms with E-state index >= 15 is 0 Å². The number of allylic oxidation sites excluding steroid dienone is 1. The van der Waals surface area contributed by atoms with Crippen molar-refractivity contribution >= 4 is 18.3 Å². The summed E-state index contributed by atoms with van der Waals surface area (Å²) in [6, 6.07) is 0. The number of carbonyl (C=O) groups is 1. The van der Waals surface area contributed by atoms with Gasteiger partial charge in [0.05, 0.1) is 6.54 Å². The summed E-state index contributed by atoms with van der Waals surface area (Å²) >= 11 is 0. The number of rotatable bonds is 2. The number of hydrogen-bond donors (Lipinski definition) is 0. The molecule has 0 unspecified atom stereocenters. The van der Waals surface area contributed by atoms with E-state index in [-0.39, 0.29) is 5.91 Å². The number of hydrogen-bond acceptors (Lipinski definition) is 3. The molecule has 68 valence electrons. The van der Waals surface area contributed by atoms with E-state index in [1.165, 1.54) is 11.0 Å². The second kappa shape index (κ2) is 4.35. The normalized spacial score (nSPS) is 14.7. The van der Waals surface area contributed by atoms with E-state index in [4.69, 9.17) is 0 Å². The molecule has 0 aliphatic carbocycles. The predicted molar refractivity (Wildman–Crippen MR) is 52.9 cm³/mol. The second-order valence-corrected chi connectivity index (χ2v) is 2.45. The van der Waals surface area contributed by atoms with Crippen molar-refractivity contribution in [2.24, 2.45) is 9.98 Å².